The normalized spacial score (nSPS) is 44.2. The lowest BCUT2D eigenvalue weighted by Gasteiger charge is -2.41. The summed E-state index contributed by atoms with van der Waals surface area (Å²) >= 11 is 0. The number of rotatable bonds is 3. The summed E-state index contributed by atoms with van der Waals surface area (Å²) in [4.78, 5) is 0. The molecule has 1 aliphatic heterocycles. The molecule has 3 rings (SSSR count). The molecule has 0 radical (unpaired) electrons. The molecule has 0 spiro atoms. The van der Waals surface area contributed by atoms with E-state index in [4.69, 9.17) is 4.74 Å². The Balaban J connectivity index is 1.56. The van der Waals surface area contributed by atoms with Gasteiger partial charge in [0, 0.05) is 18.7 Å². The molecule has 0 aromatic carbocycles. The van der Waals surface area contributed by atoms with Crippen molar-refractivity contribution in [2.75, 3.05) is 6.61 Å². The van der Waals surface area contributed by atoms with Gasteiger partial charge in [0.25, 0.3) is 0 Å². The lowest BCUT2D eigenvalue weighted by Crippen LogP contribution is -2.49. The minimum absolute atomic E-state index is 0.534. The van der Waals surface area contributed by atoms with Gasteiger partial charge in [-0.3, -0.25) is 0 Å². The SMILES string of the molecule is CC1CC(C)(C)CCC1NC1CCOC1C1CC1. The Kier molecular flexibility index (Phi) is 3.44. The zero-order valence-corrected chi connectivity index (χ0v) is 12.2. The highest BCUT2D eigenvalue weighted by Crippen LogP contribution is 2.41. The lowest BCUT2D eigenvalue weighted by molar-refractivity contribution is 0.0696. The second-order valence-corrected chi connectivity index (χ2v) is 7.73. The molecule has 0 bridgehead atoms. The first-order valence-corrected chi connectivity index (χ1v) is 7.93. The van der Waals surface area contributed by atoms with Crippen LogP contribution in [-0.2, 0) is 4.74 Å². The summed E-state index contributed by atoms with van der Waals surface area (Å²) in [5, 5.41) is 3.95. The predicted molar refractivity (Wildman–Crippen MR) is 74.6 cm³/mol. The van der Waals surface area contributed by atoms with Gasteiger partial charge in [-0.05, 0) is 55.8 Å². The summed E-state index contributed by atoms with van der Waals surface area (Å²) in [6.45, 7) is 8.25. The van der Waals surface area contributed by atoms with Crippen LogP contribution in [0.25, 0.3) is 0 Å². The number of ether oxygens (including phenoxy) is 1. The van der Waals surface area contributed by atoms with E-state index in [1.807, 2.05) is 0 Å². The van der Waals surface area contributed by atoms with Crippen LogP contribution in [-0.4, -0.2) is 24.8 Å². The van der Waals surface area contributed by atoms with Crippen LogP contribution in [0, 0.1) is 17.3 Å². The Bertz CT molecular complexity index is 297. The van der Waals surface area contributed by atoms with E-state index in [1.165, 1.54) is 38.5 Å². The second-order valence-electron chi connectivity index (χ2n) is 7.73. The number of hydrogen-bond donors (Lipinski definition) is 1. The molecule has 0 amide bonds. The van der Waals surface area contributed by atoms with Crippen LogP contribution in [0.5, 0.6) is 0 Å². The molecule has 3 aliphatic rings. The molecule has 1 saturated heterocycles. The molecule has 1 heterocycles. The minimum atomic E-state index is 0.534. The Morgan fingerprint density at radius 3 is 2.50 bits per heavy atom. The molecule has 2 saturated carbocycles. The Morgan fingerprint density at radius 2 is 1.83 bits per heavy atom. The average Bonchev–Trinajstić information content (AvgIpc) is 3.03. The Labute approximate surface area is 112 Å². The van der Waals surface area contributed by atoms with Crippen molar-refractivity contribution in [2.45, 2.75) is 77.5 Å². The molecule has 0 aromatic rings. The van der Waals surface area contributed by atoms with Crippen molar-refractivity contribution in [1.82, 2.24) is 5.32 Å². The highest BCUT2D eigenvalue weighted by molar-refractivity contribution is 4.96. The molecule has 1 N–H and O–H groups in total. The van der Waals surface area contributed by atoms with E-state index in [2.05, 4.69) is 26.1 Å². The molecule has 2 heteroatoms. The molecular formula is C16H29NO. The van der Waals surface area contributed by atoms with Gasteiger partial charge in [-0.1, -0.05) is 20.8 Å². The smallest absolute Gasteiger partial charge is 0.0757 e. The lowest BCUT2D eigenvalue weighted by atomic mass is 9.70. The van der Waals surface area contributed by atoms with Gasteiger partial charge in [-0.25, -0.2) is 0 Å². The largest absolute Gasteiger partial charge is 0.376 e. The molecular weight excluding hydrogens is 222 g/mol. The molecule has 4 unspecified atom stereocenters. The van der Waals surface area contributed by atoms with Gasteiger partial charge < -0.3 is 10.1 Å². The first kappa shape index (κ1) is 12.9. The second kappa shape index (κ2) is 4.79. The molecule has 0 aromatic heterocycles. The van der Waals surface area contributed by atoms with E-state index in [0.29, 0.717) is 17.6 Å². The zero-order chi connectivity index (χ0) is 12.8. The molecule has 2 nitrogen and oxygen atoms in total. The minimum Gasteiger partial charge on any atom is -0.376 e. The fourth-order valence-electron chi connectivity index (χ4n) is 4.15. The standard InChI is InChI=1S/C16H29NO/c1-11-10-16(2,3)8-6-13(11)17-14-7-9-18-15(14)12-4-5-12/h11-15,17H,4-10H2,1-3H3. The first-order valence-electron chi connectivity index (χ1n) is 7.93. The third-order valence-electron chi connectivity index (χ3n) is 5.34. The summed E-state index contributed by atoms with van der Waals surface area (Å²) in [6.07, 6.45) is 8.65. The van der Waals surface area contributed by atoms with E-state index in [0.717, 1.165) is 24.5 Å². The quantitative estimate of drug-likeness (QED) is 0.830. The van der Waals surface area contributed by atoms with Crippen LogP contribution < -0.4 is 5.32 Å². The van der Waals surface area contributed by atoms with Crippen molar-refractivity contribution in [3.05, 3.63) is 0 Å². The summed E-state index contributed by atoms with van der Waals surface area (Å²) in [6, 6.07) is 1.37. The molecule has 104 valence electrons. The van der Waals surface area contributed by atoms with Crippen LogP contribution in [0.3, 0.4) is 0 Å². The van der Waals surface area contributed by atoms with Crippen molar-refractivity contribution in [1.29, 1.82) is 0 Å². The third-order valence-corrected chi connectivity index (χ3v) is 5.34. The van der Waals surface area contributed by atoms with Crippen LogP contribution in [0.15, 0.2) is 0 Å². The van der Waals surface area contributed by atoms with Gasteiger partial charge in [-0.2, -0.15) is 0 Å². The van der Waals surface area contributed by atoms with Crippen LogP contribution in [0.2, 0.25) is 0 Å². The van der Waals surface area contributed by atoms with Crippen molar-refractivity contribution in [3.8, 4) is 0 Å². The zero-order valence-electron chi connectivity index (χ0n) is 12.2. The van der Waals surface area contributed by atoms with Crippen LogP contribution in [0.1, 0.15) is 59.3 Å². The maximum absolute atomic E-state index is 5.94. The van der Waals surface area contributed by atoms with E-state index in [9.17, 15) is 0 Å². The monoisotopic (exact) mass is 251 g/mol. The molecule has 3 fully saturated rings. The summed E-state index contributed by atoms with van der Waals surface area (Å²) < 4.78 is 5.94. The molecule has 4 atom stereocenters. The summed E-state index contributed by atoms with van der Waals surface area (Å²) in [5.74, 6) is 1.69. The molecule has 2 aliphatic carbocycles. The average molecular weight is 251 g/mol. The van der Waals surface area contributed by atoms with E-state index < -0.39 is 0 Å². The van der Waals surface area contributed by atoms with Gasteiger partial charge in [0.05, 0.1) is 6.10 Å². The number of nitrogens with one attached hydrogen (secondary N) is 1. The van der Waals surface area contributed by atoms with Gasteiger partial charge in [0.2, 0.25) is 0 Å². The number of hydrogen-bond acceptors (Lipinski definition) is 2. The third kappa shape index (κ3) is 2.75. The van der Waals surface area contributed by atoms with Crippen LogP contribution >= 0.6 is 0 Å². The van der Waals surface area contributed by atoms with E-state index in [-0.39, 0.29) is 0 Å². The first-order chi connectivity index (χ1) is 8.55. The fourth-order valence-corrected chi connectivity index (χ4v) is 4.15. The molecule has 18 heavy (non-hydrogen) atoms. The van der Waals surface area contributed by atoms with Gasteiger partial charge in [-0.15, -0.1) is 0 Å². The van der Waals surface area contributed by atoms with Gasteiger partial charge >= 0.3 is 0 Å². The van der Waals surface area contributed by atoms with E-state index in [1.54, 1.807) is 0 Å². The highest BCUT2D eigenvalue weighted by Gasteiger charge is 2.42. The van der Waals surface area contributed by atoms with E-state index >= 15 is 0 Å². The summed E-state index contributed by atoms with van der Waals surface area (Å²) in [5.41, 5.74) is 0.555. The van der Waals surface area contributed by atoms with Crippen LogP contribution in [0.4, 0.5) is 0 Å². The van der Waals surface area contributed by atoms with Crippen molar-refractivity contribution < 1.29 is 4.74 Å². The van der Waals surface area contributed by atoms with Gasteiger partial charge in [0.1, 0.15) is 0 Å². The Morgan fingerprint density at radius 1 is 1.06 bits per heavy atom. The topological polar surface area (TPSA) is 21.3 Å². The predicted octanol–water partition coefficient (Wildman–Crippen LogP) is 3.36. The van der Waals surface area contributed by atoms with Crippen molar-refractivity contribution >= 4 is 0 Å². The Hall–Kier alpha value is -0.0800. The fraction of sp³-hybridized carbons (Fsp3) is 1.00. The highest BCUT2D eigenvalue weighted by atomic mass is 16.5. The maximum atomic E-state index is 5.94. The summed E-state index contributed by atoms with van der Waals surface area (Å²) in [7, 11) is 0. The van der Waals surface area contributed by atoms with Crippen molar-refractivity contribution in [2.24, 2.45) is 17.3 Å². The van der Waals surface area contributed by atoms with Crippen molar-refractivity contribution in [3.63, 3.8) is 0 Å². The van der Waals surface area contributed by atoms with Gasteiger partial charge in [0.15, 0.2) is 0 Å². The maximum Gasteiger partial charge on any atom is 0.0757 e.